The molecule has 94 valence electrons. The second-order valence-electron chi connectivity index (χ2n) is 3.77. The van der Waals surface area contributed by atoms with Gasteiger partial charge in [-0.25, -0.2) is 4.39 Å². The SMILES string of the molecule is CC(O)CNCc1ccc(/C(N)=N/O)cc1F. The van der Waals surface area contributed by atoms with Gasteiger partial charge in [0.25, 0.3) is 0 Å². The van der Waals surface area contributed by atoms with Gasteiger partial charge in [0.05, 0.1) is 6.10 Å². The summed E-state index contributed by atoms with van der Waals surface area (Å²) in [4.78, 5) is 0. The van der Waals surface area contributed by atoms with E-state index in [-0.39, 0.29) is 5.84 Å². The first-order valence-electron chi connectivity index (χ1n) is 5.19. The molecule has 0 aliphatic carbocycles. The van der Waals surface area contributed by atoms with E-state index in [2.05, 4.69) is 10.5 Å². The van der Waals surface area contributed by atoms with E-state index in [9.17, 15) is 4.39 Å². The zero-order chi connectivity index (χ0) is 12.8. The van der Waals surface area contributed by atoms with Gasteiger partial charge in [-0.05, 0) is 13.0 Å². The van der Waals surface area contributed by atoms with Gasteiger partial charge in [-0.1, -0.05) is 17.3 Å². The molecule has 0 aliphatic rings. The Labute approximate surface area is 98.7 Å². The van der Waals surface area contributed by atoms with Crippen molar-refractivity contribution in [2.45, 2.75) is 19.6 Å². The van der Waals surface area contributed by atoms with Crippen LogP contribution in [0.25, 0.3) is 0 Å². The van der Waals surface area contributed by atoms with Crippen molar-refractivity contribution in [2.75, 3.05) is 6.54 Å². The van der Waals surface area contributed by atoms with Crippen molar-refractivity contribution in [3.05, 3.63) is 35.1 Å². The Kier molecular flexibility index (Phi) is 4.86. The molecule has 1 atom stereocenters. The molecule has 6 heteroatoms. The quantitative estimate of drug-likeness (QED) is 0.260. The van der Waals surface area contributed by atoms with E-state index < -0.39 is 11.9 Å². The molecule has 0 aliphatic heterocycles. The maximum Gasteiger partial charge on any atom is 0.170 e. The highest BCUT2D eigenvalue weighted by Crippen LogP contribution is 2.10. The zero-order valence-electron chi connectivity index (χ0n) is 9.52. The summed E-state index contributed by atoms with van der Waals surface area (Å²) in [6, 6.07) is 4.32. The summed E-state index contributed by atoms with van der Waals surface area (Å²) in [6.45, 7) is 2.35. The van der Waals surface area contributed by atoms with E-state index in [1.165, 1.54) is 6.07 Å². The van der Waals surface area contributed by atoms with Crippen molar-refractivity contribution in [3.8, 4) is 0 Å². The van der Waals surface area contributed by atoms with Crippen LogP contribution in [-0.4, -0.2) is 28.8 Å². The number of nitrogens with two attached hydrogens (primary N) is 1. The molecule has 0 fully saturated rings. The van der Waals surface area contributed by atoms with Gasteiger partial charge >= 0.3 is 0 Å². The van der Waals surface area contributed by atoms with Crippen LogP contribution >= 0.6 is 0 Å². The number of oxime groups is 1. The molecule has 0 spiro atoms. The smallest absolute Gasteiger partial charge is 0.170 e. The van der Waals surface area contributed by atoms with Crippen molar-refractivity contribution in [1.29, 1.82) is 0 Å². The Bertz CT molecular complexity index is 408. The Morgan fingerprint density at radius 3 is 2.82 bits per heavy atom. The molecule has 1 rings (SSSR count). The van der Waals surface area contributed by atoms with Gasteiger partial charge in [0.2, 0.25) is 0 Å². The maximum atomic E-state index is 13.6. The normalized spacial score (nSPS) is 13.7. The molecular weight excluding hydrogens is 225 g/mol. The first kappa shape index (κ1) is 13.4. The molecule has 0 aromatic heterocycles. The standard InChI is InChI=1S/C11H16FN3O2/c1-7(16)5-14-6-9-3-2-8(4-10(9)12)11(13)15-17/h2-4,7,14,16-17H,5-6H2,1H3,(H2,13,15). The highest BCUT2D eigenvalue weighted by molar-refractivity contribution is 5.97. The van der Waals surface area contributed by atoms with E-state index in [4.69, 9.17) is 16.0 Å². The summed E-state index contributed by atoms with van der Waals surface area (Å²) in [6.07, 6.45) is -0.477. The fourth-order valence-electron chi connectivity index (χ4n) is 1.32. The fraction of sp³-hybridized carbons (Fsp3) is 0.364. The Hall–Kier alpha value is -1.66. The number of hydrogen-bond acceptors (Lipinski definition) is 4. The summed E-state index contributed by atoms with van der Waals surface area (Å²) in [5, 5.41) is 23.2. The molecule has 5 N–H and O–H groups in total. The molecule has 1 aromatic rings. The first-order valence-corrected chi connectivity index (χ1v) is 5.19. The van der Waals surface area contributed by atoms with Crippen LogP contribution in [0.5, 0.6) is 0 Å². The molecule has 0 radical (unpaired) electrons. The number of halogens is 1. The van der Waals surface area contributed by atoms with E-state index in [1.807, 2.05) is 0 Å². The minimum atomic E-state index is -0.477. The molecular formula is C11H16FN3O2. The zero-order valence-corrected chi connectivity index (χ0v) is 9.52. The number of rotatable bonds is 5. The summed E-state index contributed by atoms with van der Waals surface area (Å²) in [7, 11) is 0. The first-order chi connectivity index (χ1) is 8.04. The lowest BCUT2D eigenvalue weighted by Crippen LogP contribution is -2.24. The number of benzene rings is 1. The number of nitrogens with one attached hydrogen (secondary N) is 1. The lowest BCUT2D eigenvalue weighted by atomic mass is 10.1. The fourth-order valence-corrected chi connectivity index (χ4v) is 1.32. The average Bonchev–Trinajstić information content (AvgIpc) is 2.29. The molecule has 1 unspecified atom stereocenters. The molecule has 1 aromatic carbocycles. The minimum absolute atomic E-state index is 0.132. The van der Waals surface area contributed by atoms with Crippen molar-refractivity contribution in [3.63, 3.8) is 0 Å². The third-order valence-corrected chi connectivity index (χ3v) is 2.21. The van der Waals surface area contributed by atoms with Gasteiger partial charge in [0.1, 0.15) is 5.82 Å². The van der Waals surface area contributed by atoms with Gasteiger partial charge in [-0.15, -0.1) is 0 Å². The summed E-state index contributed by atoms with van der Waals surface area (Å²) >= 11 is 0. The largest absolute Gasteiger partial charge is 0.409 e. The van der Waals surface area contributed by atoms with Gasteiger partial charge in [-0.2, -0.15) is 0 Å². The number of aliphatic hydroxyl groups is 1. The molecule has 0 saturated heterocycles. The van der Waals surface area contributed by atoms with Crippen molar-refractivity contribution in [2.24, 2.45) is 10.9 Å². The second-order valence-corrected chi connectivity index (χ2v) is 3.77. The summed E-state index contributed by atoms with van der Waals surface area (Å²) < 4.78 is 13.6. The second kappa shape index (κ2) is 6.17. The van der Waals surface area contributed by atoms with Gasteiger partial charge in [-0.3, -0.25) is 0 Å². The van der Waals surface area contributed by atoms with E-state index in [0.717, 1.165) is 0 Å². The Morgan fingerprint density at radius 1 is 1.59 bits per heavy atom. The van der Waals surface area contributed by atoms with E-state index in [0.29, 0.717) is 24.2 Å². The number of nitrogens with zero attached hydrogens (tertiary/aromatic N) is 1. The van der Waals surface area contributed by atoms with Crippen molar-refractivity contribution in [1.82, 2.24) is 5.32 Å². The topological polar surface area (TPSA) is 90.9 Å². The molecule has 0 amide bonds. The number of hydrogen-bond donors (Lipinski definition) is 4. The summed E-state index contributed by atoms with van der Waals surface area (Å²) in [5.41, 5.74) is 6.12. The van der Waals surface area contributed by atoms with Crippen LogP contribution < -0.4 is 11.1 Å². The Balaban J connectivity index is 2.70. The van der Waals surface area contributed by atoms with E-state index in [1.54, 1.807) is 19.1 Å². The molecule has 5 nitrogen and oxygen atoms in total. The monoisotopic (exact) mass is 241 g/mol. The highest BCUT2D eigenvalue weighted by Gasteiger charge is 2.06. The van der Waals surface area contributed by atoms with Crippen LogP contribution in [0, 0.1) is 5.82 Å². The predicted octanol–water partition coefficient (Wildman–Crippen LogP) is 0.391. The maximum absolute atomic E-state index is 13.6. The van der Waals surface area contributed by atoms with Crippen LogP contribution in [-0.2, 0) is 6.54 Å². The molecule has 0 saturated carbocycles. The van der Waals surface area contributed by atoms with Crippen LogP contribution in [0.15, 0.2) is 23.4 Å². The molecule has 0 heterocycles. The van der Waals surface area contributed by atoms with Gasteiger partial charge in [0, 0.05) is 24.2 Å². The predicted molar refractivity (Wildman–Crippen MR) is 62.3 cm³/mol. The molecule has 0 bridgehead atoms. The number of amidine groups is 1. The van der Waals surface area contributed by atoms with Crippen molar-refractivity contribution < 1.29 is 14.7 Å². The number of aliphatic hydroxyl groups excluding tert-OH is 1. The lowest BCUT2D eigenvalue weighted by molar-refractivity contribution is 0.191. The third-order valence-electron chi connectivity index (χ3n) is 2.21. The van der Waals surface area contributed by atoms with Crippen LogP contribution in [0.2, 0.25) is 0 Å². The molecule has 17 heavy (non-hydrogen) atoms. The summed E-state index contributed by atoms with van der Waals surface area (Å²) in [5.74, 6) is -0.570. The van der Waals surface area contributed by atoms with Crippen molar-refractivity contribution >= 4 is 5.84 Å². The van der Waals surface area contributed by atoms with Crippen LogP contribution in [0.1, 0.15) is 18.1 Å². The highest BCUT2D eigenvalue weighted by atomic mass is 19.1. The minimum Gasteiger partial charge on any atom is -0.409 e. The van der Waals surface area contributed by atoms with Gasteiger partial charge in [0.15, 0.2) is 5.84 Å². The third kappa shape index (κ3) is 4.01. The van der Waals surface area contributed by atoms with Crippen LogP contribution in [0.3, 0.4) is 0 Å². The lowest BCUT2D eigenvalue weighted by Gasteiger charge is -2.08. The van der Waals surface area contributed by atoms with E-state index >= 15 is 0 Å². The average molecular weight is 241 g/mol. The van der Waals surface area contributed by atoms with Crippen LogP contribution in [0.4, 0.5) is 4.39 Å². The Morgan fingerprint density at radius 2 is 2.29 bits per heavy atom. The van der Waals surface area contributed by atoms with Gasteiger partial charge < -0.3 is 21.4 Å².